The number of carbonyl (C=O) groups is 1. The number of benzene rings is 3. The predicted octanol–water partition coefficient (Wildman–Crippen LogP) is 4.88. The van der Waals surface area contributed by atoms with Crippen molar-refractivity contribution in [3.8, 4) is 12.1 Å². The van der Waals surface area contributed by atoms with Crippen molar-refractivity contribution in [2.75, 3.05) is 47.8 Å². The maximum Gasteiger partial charge on any atom is 0.247 e. The lowest BCUT2D eigenvalue weighted by molar-refractivity contribution is -0.122. The lowest BCUT2D eigenvalue weighted by Crippen LogP contribution is -2.53. The highest BCUT2D eigenvalue weighted by Gasteiger charge is 2.28. The number of rotatable bonds is 10. The Morgan fingerprint density at radius 1 is 1.02 bits per heavy atom. The van der Waals surface area contributed by atoms with Gasteiger partial charge in [0.15, 0.2) is 17.2 Å². The number of hydrogen-bond acceptors (Lipinski definition) is 10. The quantitative estimate of drug-likeness (QED) is 0.212. The highest BCUT2D eigenvalue weighted by atomic mass is 35.5. The molecule has 0 saturated carbocycles. The third kappa shape index (κ3) is 6.32. The fourth-order valence-corrected chi connectivity index (χ4v) is 6.39. The highest BCUT2D eigenvalue weighted by molar-refractivity contribution is 6.36. The smallest absolute Gasteiger partial charge is 0.247 e. The fourth-order valence-electron chi connectivity index (χ4n) is 6.11. The van der Waals surface area contributed by atoms with E-state index in [-0.39, 0.29) is 29.6 Å². The number of primary amides is 1. The Hall–Kier alpha value is -5.69. The Morgan fingerprint density at radius 3 is 2.23 bits per heavy atom. The van der Waals surface area contributed by atoms with Gasteiger partial charge < -0.3 is 20.9 Å². The van der Waals surface area contributed by atoms with Crippen molar-refractivity contribution < 1.29 is 4.79 Å². The molecule has 0 bridgehead atoms. The number of aromatic nitrogens is 4. The number of hydrogen-bond donors (Lipinski definition) is 2. The Kier molecular flexibility index (Phi) is 9.39. The van der Waals surface area contributed by atoms with E-state index in [1.807, 2.05) is 48.2 Å². The molecule has 3 N–H and O–H groups in total. The molecule has 1 amide bonds. The topological polar surface area (TPSA) is 156 Å². The summed E-state index contributed by atoms with van der Waals surface area (Å²) in [5, 5.41) is 28.2. The van der Waals surface area contributed by atoms with Gasteiger partial charge in [0.1, 0.15) is 6.07 Å². The van der Waals surface area contributed by atoms with Crippen LogP contribution in [0.1, 0.15) is 42.3 Å². The minimum absolute atomic E-state index is 0.174. The number of carbonyl (C=O) groups excluding carboxylic acids is 1. The number of nitrogens with two attached hydrogens (primary N) is 1. The Balaban J connectivity index is 1.42. The first-order valence-electron chi connectivity index (χ1n) is 15.6. The van der Waals surface area contributed by atoms with Crippen LogP contribution in [-0.4, -0.2) is 69.2 Å². The molecule has 1 fully saturated rings. The molecule has 242 valence electrons. The minimum Gasteiger partial charge on any atom is -0.368 e. The van der Waals surface area contributed by atoms with Crippen molar-refractivity contribution >= 4 is 46.3 Å². The Bertz CT molecular complexity index is 1970. The van der Waals surface area contributed by atoms with Gasteiger partial charge in [0, 0.05) is 32.7 Å². The number of imidazole rings is 1. The average Bonchev–Trinajstić information content (AvgIpc) is 3.54. The van der Waals surface area contributed by atoms with Gasteiger partial charge in [-0.15, -0.1) is 5.10 Å². The second-order valence-electron chi connectivity index (χ2n) is 11.5. The number of halogens is 1. The van der Waals surface area contributed by atoms with Crippen LogP contribution in [0.3, 0.4) is 0 Å². The van der Waals surface area contributed by atoms with Crippen LogP contribution in [0.15, 0.2) is 79.0 Å². The van der Waals surface area contributed by atoms with Gasteiger partial charge in [-0.2, -0.15) is 20.0 Å². The van der Waals surface area contributed by atoms with E-state index in [4.69, 9.17) is 22.3 Å². The summed E-state index contributed by atoms with van der Waals surface area (Å²) in [6.07, 6.45) is 1.48. The molecule has 1 aliphatic rings. The van der Waals surface area contributed by atoms with Crippen LogP contribution < -0.4 is 20.9 Å². The maximum atomic E-state index is 11.7. The first kappa shape index (κ1) is 32.3. The molecular weight excluding hydrogens is 626 g/mol. The Labute approximate surface area is 283 Å². The summed E-state index contributed by atoms with van der Waals surface area (Å²) in [5.74, 6) is 0.323. The summed E-state index contributed by atoms with van der Waals surface area (Å²) in [6.45, 7) is 6.80. The van der Waals surface area contributed by atoms with Gasteiger partial charge in [-0.1, -0.05) is 72.3 Å². The van der Waals surface area contributed by atoms with E-state index in [1.165, 1.54) is 10.7 Å². The molecule has 0 aliphatic carbocycles. The number of piperazine rings is 1. The lowest BCUT2D eigenvalue weighted by atomic mass is 9.97. The third-order valence-corrected chi connectivity index (χ3v) is 9.05. The summed E-state index contributed by atoms with van der Waals surface area (Å²) in [7, 11) is 0. The largest absolute Gasteiger partial charge is 0.368 e. The van der Waals surface area contributed by atoms with Crippen molar-refractivity contribution in [1.29, 1.82) is 10.5 Å². The second-order valence-corrected chi connectivity index (χ2v) is 11.8. The van der Waals surface area contributed by atoms with Crippen molar-refractivity contribution in [3.05, 3.63) is 106 Å². The molecule has 1 aliphatic heterocycles. The van der Waals surface area contributed by atoms with Crippen LogP contribution in [0.25, 0.3) is 5.65 Å². The van der Waals surface area contributed by atoms with Gasteiger partial charge in [0.2, 0.25) is 11.9 Å². The summed E-state index contributed by atoms with van der Waals surface area (Å²) in [4.78, 5) is 27.5. The SMILES string of the molecule is CCN(c1nc(Nc2cc(C#N)cc(N3CCN([C@@H](C)C(N)=O)CC3)c2Cl)nn2c(C#N)cnc12)C(c1ccccc1)c1ccccc1. The highest BCUT2D eigenvalue weighted by Crippen LogP contribution is 2.38. The van der Waals surface area contributed by atoms with Crippen LogP contribution in [0, 0.1) is 22.7 Å². The molecule has 0 unspecified atom stereocenters. The molecule has 0 radical (unpaired) electrons. The van der Waals surface area contributed by atoms with Gasteiger partial charge in [-0.05, 0) is 37.1 Å². The summed E-state index contributed by atoms with van der Waals surface area (Å²) >= 11 is 7.03. The zero-order valence-corrected chi connectivity index (χ0v) is 27.3. The molecule has 6 rings (SSSR count). The molecule has 13 heteroatoms. The van der Waals surface area contributed by atoms with Crippen LogP contribution in [0.2, 0.25) is 5.02 Å². The van der Waals surface area contributed by atoms with Gasteiger partial charge in [-0.3, -0.25) is 9.69 Å². The van der Waals surface area contributed by atoms with Crippen molar-refractivity contribution in [2.45, 2.75) is 25.9 Å². The predicted molar refractivity (Wildman–Crippen MR) is 185 cm³/mol. The zero-order valence-electron chi connectivity index (χ0n) is 26.6. The zero-order chi connectivity index (χ0) is 33.8. The molecule has 1 saturated heterocycles. The van der Waals surface area contributed by atoms with Crippen LogP contribution in [0.4, 0.5) is 23.1 Å². The van der Waals surface area contributed by atoms with Crippen LogP contribution in [-0.2, 0) is 4.79 Å². The summed E-state index contributed by atoms with van der Waals surface area (Å²) < 4.78 is 1.47. The van der Waals surface area contributed by atoms with Crippen molar-refractivity contribution in [3.63, 3.8) is 0 Å². The summed E-state index contributed by atoms with van der Waals surface area (Å²) in [5.41, 5.74) is 9.83. The first-order valence-corrected chi connectivity index (χ1v) is 16.0. The van der Waals surface area contributed by atoms with E-state index in [2.05, 4.69) is 61.6 Å². The van der Waals surface area contributed by atoms with E-state index < -0.39 is 0 Å². The van der Waals surface area contributed by atoms with E-state index in [0.717, 1.165) is 11.1 Å². The summed E-state index contributed by atoms with van der Waals surface area (Å²) in [6, 6.07) is 27.5. The first-order chi connectivity index (χ1) is 23.3. The molecule has 1 atom stereocenters. The average molecular weight is 660 g/mol. The molecular formula is C35H34ClN11O. The fraction of sp³-hybridized carbons (Fsp3) is 0.257. The number of anilines is 4. The van der Waals surface area contributed by atoms with Gasteiger partial charge >= 0.3 is 0 Å². The normalized spacial score (nSPS) is 14.0. The van der Waals surface area contributed by atoms with Crippen LogP contribution in [0.5, 0.6) is 0 Å². The van der Waals surface area contributed by atoms with E-state index >= 15 is 0 Å². The molecule has 2 aromatic heterocycles. The van der Waals surface area contributed by atoms with E-state index in [0.29, 0.717) is 66.1 Å². The molecule has 3 aromatic carbocycles. The second kappa shape index (κ2) is 14.0. The van der Waals surface area contributed by atoms with E-state index in [1.54, 1.807) is 19.1 Å². The molecule has 0 spiro atoms. The van der Waals surface area contributed by atoms with Crippen molar-refractivity contribution in [1.82, 2.24) is 24.5 Å². The minimum atomic E-state index is -0.376. The number of amides is 1. The number of nitrogens with one attached hydrogen (secondary N) is 1. The maximum absolute atomic E-state index is 11.7. The van der Waals surface area contributed by atoms with Crippen molar-refractivity contribution in [2.24, 2.45) is 5.73 Å². The number of nitriles is 2. The molecule has 3 heterocycles. The van der Waals surface area contributed by atoms with Gasteiger partial charge in [-0.25, -0.2) is 4.98 Å². The molecule has 12 nitrogen and oxygen atoms in total. The number of fused-ring (bicyclic) bond motifs is 1. The van der Waals surface area contributed by atoms with Crippen LogP contribution >= 0.6 is 11.6 Å². The third-order valence-electron chi connectivity index (χ3n) is 8.66. The standard InChI is InChI=1S/C35H34ClN11O/c1-3-46(31(25-10-6-4-7-11-25)26-12-8-5-9-13-26)34-33-40-22-27(21-38)47(33)43-35(42-34)41-28-18-24(20-37)19-29(30(28)36)45-16-14-44(15-17-45)23(2)32(39)48/h4-13,18-19,22-23,31H,3,14-17H2,1-2H3,(H2,39,48)(H,41,43)/t23-/m0/s1. The monoisotopic (exact) mass is 659 g/mol. The van der Waals surface area contributed by atoms with Gasteiger partial charge in [0.25, 0.3) is 0 Å². The molecule has 48 heavy (non-hydrogen) atoms. The van der Waals surface area contributed by atoms with E-state index in [9.17, 15) is 15.3 Å². The number of nitrogens with zero attached hydrogens (tertiary/aromatic N) is 9. The van der Waals surface area contributed by atoms with Gasteiger partial charge in [0.05, 0.1) is 46.3 Å². The Morgan fingerprint density at radius 2 is 1.67 bits per heavy atom. The molecule has 5 aromatic rings. The lowest BCUT2D eigenvalue weighted by Gasteiger charge is -2.38.